The highest BCUT2D eigenvalue weighted by molar-refractivity contribution is 6.31. The summed E-state index contributed by atoms with van der Waals surface area (Å²) < 4.78 is 17.7. The highest BCUT2D eigenvalue weighted by atomic mass is 35.5. The van der Waals surface area contributed by atoms with Crippen LogP contribution in [-0.4, -0.2) is 80.5 Å². The molecule has 3 aliphatic rings. The number of nitrogens with one attached hydrogen (secondary N) is 1. The maximum absolute atomic E-state index is 13.8. The zero-order chi connectivity index (χ0) is 32.2. The van der Waals surface area contributed by atoms with Crippen LogP contribution in [0.4, 0.5) is 0 Å². The van der Waals surface area contributed by atoms with Gasteiger partial charge in [0.2, 0.25) is 5.78 Å². The van der Waals surface area contributed by atoms with E-state index < -0.39 is 65.4 Å². The fraction of sp³-hybridized carbons (Fsp3) is 0.412. The van der Waals surface area contributed by atoms with E-state index in [4.69, 9.17) is 14.2 Å². The van der Waals surface area contributed by atoms with Gasteiger partial charge in [-0.2, -0.15) is 0 Å². The monoisotopic (exact) mass is 655 g/mol. The first-order valence-electron chi connectivity index (χ1n) is 15.0. The fourth-order valence-electron chi connectivity index (χ4n) is 6.75. The van der Waals surface area contributed by atoms with Crippen molar-refractivity contribution in [1.82, 2.24) is 5.32 Å². The van der Waals surface area contributed by atoms with Gasteiger partial charge in [0.1, 0.15) is 17.2 Å². The van der Waals surface area contributed by atoms with Gasteiger partial charge in [-0.3, -0.25) is 9.59 Å². The lowest BCUT2D eigenvalue weighted by Crippen LogP contribution is -2.54. The normalized spacial score (nSPS) is 27.6. The number of phenolic OH excluding ortho intramolecular Hbond substituents is 2. The summed E-state index contributed by atoms with van der Waals surface area (Å²) in [6.45, 7) is 3.58. The first-order valence-corrected chi connectivity index (χ1v) is 15.0. The minimum atomic E-state index is -1.82. The number of carbonyl (C=O) groups is 2. The molecule has 6 rings (SSSR count). The number of aliphatic hydroxyl groups is 3. The minimum absolute atomic E-state index is 0. The van der Waals surface area contributed by atoms with E-state index in [0.29, 0.717) is 6.54 Å². The van der Waals surface area contributed by atoms with E-state index in [1.54, 1.807) is 13.0 Å². The molecule has 1 heterocycles. The Labute approximate surface area is 272 Å². The van der Waals surface area contributed by atoms with Crippen LogP contribution in [0.25, 0.3) is 0 Å². The molecule has 6 N–H and O–H groups in total. The van der Waals surface area contributed by atoms with Gasteiger partial charge in [-0.25, -0.2) is 0 Å². The van der Waals surface area contributed by atoms with Crippen LogP contribution in [-0.2, 0) is 22.4 Å². The molecule has 0 aromatic heterocycles. The largest absolute Gasteiger partial charge is 0.507 e. The predicted octanol–water partition coefficient (Wildman–Crippen LogP) is 3.07. The van der Waals surface area contributed by atoms with Gasteiger partial charge in [-0.05, 0) is 25.5 Å². The number of aromatic hydroxyl groups is 2. The molecule has 5 unspecified atom stereocenters. The number of hydrogen-bond acceptors (Lipinski definition) is 11. The van der Waals surface area contributed by atoms with Crippen molar-refractivity contribution in [2.75, 3.05) is 7.11 Å². The number of carbonyl (C=O) groups excluding carboxylic acids is 2. The van der Waals surface area contributed by atoms with Gasteiger partial charge in [0.25, 0.3) is 0 Å². The van der Waals surface area contributed by atoms with E-state index >= 15 is 0 Å². The van der Waals surface area contributed by atoms with Gasteiger partial charge < -0.3 is 45.1 Å². The third-order valence-electron chi connectivity index (χ3n) is 9.32. The number of fused-ring (bicyclic) bond motifs is 3. The molecule has 12 heteroatoms. The smallest absolute Gasteiger partial charge is 0.202 e. The Bertz CT molecular complexity index is 1650. The SMILES string of the molecule is COc1cccc2c1C(=O)c1c(O)c3c(c(O)c1C2=O)C[C@@](O)(C(C)O)C[C@@H]3OC1CC(NCc2ccccc2)C(O)C(C)O1.Cl. The number of halogens is 1. The average Bonchev–Trinajstić information content (AvgIpc) is 3.02. The standard InChI is InChI=1S/C34H37NO10.ClH/c1-16-29(37)21(35-15-18-8-5-4-6-9-18)12-24(44-16)45-23-14-34(42,17(2)36)13-20-26(23)33(41)28-27(31(20)39)30(38)19-10-7-11-22(43-3)25(19)32(28)40;/h4-11,16-17,21,23-24,29,35-37,39,41-42H,12-15H2,1-3H3;1H/t16?,17?,21?,23-,24?,29?,34-;/m0./s1. The van der Waals surface area contributed by atoms with Crippen molar-refractivity contribution in [3.63, 3.8) is 0 Å². The summed E-state index contributed by atoms with van der Waals surface area (Å²) in [6.07, 6.45) is -5.25. The Morgan fingerprint density at radius 3 is 2.39 bits per heavy atom. The fourth-order valence-corrected chi connectivity index (χ4v) is 6.75. The van der Waals surface area contributed by atoms with E-state index in [1.807, 2.05) is 30.3 Å². The summed E-state index contributed by atoms with van der Waals surface area (Å²) >= 11 is 0. The number of ether oxygens (including phenoxy) is 3. The molecule has 11 nitrogen and oxygen atoms in total. The molecule has 2 aliphatic carbocycles. The van der Waals surface area contributed by atoms with Gasteiger partial charge >= 0.3 is 0 Å². The van der Waals surface area contributed by atoms with Crippen molar-refractivity contribution in [3.05, 3.63) is 87.5 Å². The second-order valence-electron chi connectivity index (χ2n) is 12.1. The Morgan fingerprint density at radius 1 is 1.02 bits per heavy atom. The summed E-state index contributed by atoms with van der Waals surface area (Å²) in [5.74, 6) is -2.40. The lowest BCUT2D eigenvalue weighted by atomic mass is 9.71. The third-order valence-corrected chi connectivity index (χ3v) is 9.32. The van der Waals surface area contributed by atoms with Crippen molar-refractivity contribution in [2.45, 2.75) is 82.0 Å². The highest BCUT2D eigenvalue weighted by Gasteiger charge is 2.49. The van der Waals surface area contributed by atoms with Crippen LogP contribution in [0.2, 0.25) is 0 Å². The van der Waals surface area contributed by atoms with Crippen molar-refractivity contribution in [2.24, 2.45) is 0 Å². The molecule has 46 heavy (non-hydrogen) atoms. The Balaban J connectivity index is 0.00000417. The van der Waals surface area contributed by atoms with Gasteiger partial charge in [-0.15, -0.1) is 12.4 Å². The molecule has 246 valence electrons. The average molecular weight is 656 g/mol. The van der Waals surface area contributed by atoms with Crippen molar-refractivity contribution >= 4 is 24.0 Å². The number of hydrogen-bond donors (Lipinski definition) is 6. The van der Waals surface area contributed by atoms with Gasteiger partial charge in [-0.1, -0.05) is 42.5 Å². The maximum atomic E-state index is 13.8. The van der Waals surface area contributed by atoms with Crippen molar-refractivity contribution in [1.29, 1.82) is 0 Å². The Hall–Kier alpha value is -3.55. The quantitative estimate of drug-likeness (QED) is 0.161. The van der Waals surface area contributed by atoms with Crippen LogP contribution >= 0.6 is 12.4 Å². The molecule has 1 aliphatic heterocycles. The topological polar surface area (TPSA) is 175 Å². The molecule has 0 amide bonds. The number of rotatable bonds is 7. The molecule has 1 saturated heterocycles. The lowest BCUT2D eigenvalue weighted by Gasteiger charge is -2.44. The predicted molar refractivity (Wildman–Crippen MR) is 168 cm³/mol. The second kappa shape index (κ2) is 12.9. The number of benzene rings is 3. The van der Waals surface area contributed by atoms with Crippen LogP contribution in [0.3, 0.4) is 0 Å². The van der Waals surface area contributed by atoms with Gasteiger partial charge in [0.15, 0.2) is 12.1 Å². The lowest BCUT2D eigenvalue weighted by molar-refractivity contribution is -0.253. The molecule has 0 saturated carbocycles. The van der Waals surface area contributed by atoms with E-state index in [0.717, 1.165) is 5.56 Å². The van der Waals surface area contributed by atoms with Crippen molar-refractivity contribution in [3.8, 4) is 17.2 Å². The number of phenols is 2. The van der Waals surface area contributed by atoms with E-state index in [-0.39, 0.29) is 70.8 Å². The molecule has 0 bridgehead atoms. The first-order chi connectivity index (χ1) is 21.4. The minimum Gasteiger partial charge on any atom is -0.507 e. The molecule has 1 fully saturated rings. The molecule has 3 aromatic carbocycles. The van der Waals surface area contributed by atoms with Crippen LogP contribution in [0.1, 0.15) is 81.3 Å². The highest BCUT2D eigenvalue weighted by Crippen LogP contribution is 2.53. The molecule has 3 aromatic rings. The van der Waals surface area contributed by atoms with E-state index in [9.17, 15) is 35.1 Å². The summed E-state index contributed by atoms with van der Waals surface area (Å²) in [5, 5.41) is 59.6. The molecular weight excluding hydrogens is 618 g/mol. The maximum Gasteiger partial charge on any atom is 0.202 e. The number of ketones is 2. The van der Waals surface area contributed by atoms with Crippen molar-refractivity contribution < 1.29 is 49.3 Å². The van der Waals surface area contributed by atoms with E-state index in [1.165, 1.54) is 26.2 Å². The molecule has 7 atom stereocenters. The van der Waals surface area contributed by atoms with Crippen LogP contribution in [0.15, 0.2) is 48.5 Å². The Kier molecular flexibility index (Phi) is 9.49. The summed E-state index contributed by atoms with van der Waals surface area (Å²) in [5.41, 5.74) is -1.59. The number of methoxy groups -OCH3 is 1. The third kappa shape index (κ3) is 5.66. The van der Waals surface area contributed by atoms with Gasteiger partial charge in [0, 0.05) is 48.5 Å². The summed E-state index contributed by atoms with van der Waals surface area (Å²) in [6, 6.07) is 13.7. The Morgan fingerprint density at radius 2 is 1.72 bits per heavy atom. The molecule has 0 spiro atoms. The second-order valence-corrected chi connectivity index (χ2v) is 12.1. The van der Waals surface area contributed by atoms with Crippen LogP contribution in [0.5, 0.6) is 17.2 Å². The zero-order valence-corrected chi connectivity index (χ0v) is 26.4. The molecular formula is C34H38ClNO10. The summed E-state index contributed by atoms with van der Waals surface area (Å²) in [7, 11) is 1.36. The number of aliphatic hydroxyl groups excluding tert-OH is 2. The van der Waals surface area contributed by atoms with Gasteiger partial charge in [0.05, 0.1) is 53.8 Å². The van der Waals surface area contributed by atoms with E-state index in [2.05, 4.69) is 5.32 Å². The molecule has 0 radical (unpaired) electrons. The van der Waals surface area contributed by atoms with Crippen LogP contribution in [0, 0.1) is 0 Å². The zero-order valence-electron chi connectivity index (χ0n) is 25.6. The van der Waals surface area contributed by atoms with Crippen LogP contribution < -0.4 is 10.1 Å². The first kappa shape index (κ1) is 33.8. The summed E-state index contributed by atoms with van der Waals surface area (Å²) in [4.78, 5) is 27.5.